The number of aromatic nitrogens is 6. The van der Waals surface area contributed by atoms with Gasteiger partial charge in [-0.1, -0.05) is 18.2 Å². The molecule has 234 valence electrons. The lowest BCUT2D eigenvalue weighted by atomic mass is 10.2. The summed E-state index contributed by atoms with van der Waals surface area (Å²) in [5.41, 5.74) is 0.929. The molecule has 16 heteroatoms. The Morgan fingerprint density at radius 3 is 2.41 bits per heavy atom. The van der Waals surface area contributed by atoms with E-state index in [4.69, 9.17) is 18.9 Å². The molecule has 1 aromatic carbocycles. The van der Waals surface area contributed by atoms with Crippen molar-refractivity contribution in [2.45, 2.75) is 0 Å². The first-order valence-electron chi connectivity index (χ1n) is 13.5. The van der Waals surface area contributed by atoms with Gasteiger partial charge >= 0.3 is 6.09 Å². The van der Waals surface area contributed by atoms with Gasteiger partial charge < -0.3 is 18.9 Å². The molecule has 5 aromatic rings. The normalized spacial score (nSPS) is 11.1. The zero-order valence-corrected chi connectivity index (χ0v) is 25.0. The standard InChI is InChI=1S/C30H26N8O7S/c1-42-23-7-2-3-8-24(23)45-26-28(38-46(40,41)19-11-22-6-4-5-12-33-22)36-27(21-9-13-31-14-10-21)37-29(26)43-17-18-44-30(39)35-25-20-32-15-16-34-25/h2-16,19-20H,17-18H2,1H3,(H,34,35,39)(H,36,37,38). The topological polar surface area (TPSA) is 190 Å². The molecule has 0 bridgehead atoms. The zero-order valence-electron chi connectivity index (χ0n) is 24.2. The third-order valence-electron chi connectivity index (χ3n) is 5.75. The van der Waals surface area contributed by atoms with Gasteiger partial charge in [0, 0.05) is 36.5 Å². The summed E-state index contributed by atoms with van der Waals surface area (Å²) in [5.74, 6) is 0.289. The molecule has 0 atom stereocenters. The Kier molecular flexibility index (Phi) is 10.2. The Balaban J connectivity index is 1.47. The quantitative estimate of drug-likeness (QED) is 0.170. The van der Waals surface area contributed by atoms with Crippen LogP contribution in [0.3, 0.4) is 0 Å². The highest BCUT2D eigenvalue weighted by Gasteiger charge is 2.24. The number of carbonyl (C=O) groups excluding carboxylic acids is 1. The molecule has 0 saturated heterocycles. The van der Waals surface area contributed by atoms with Crippen molar-refractivity contribution in [3.8, 4) is 34.5 Å². The second-order valence-corrected chi connectivity index (χ2v) is 10.5. The first-order chi connectivity index (χ1) is 22.4. The van der Waals surface area contributed by atoms with Crippen molar-refractivity contribution >= 4 is 33.8 Å². The number of pyridine rings is 2. The summed E-state index contributed by atoms with van der Waals surface area (Å²) in [7, 11) is -2.72. The minimum Gasteiger partial charge on any atom is -0.493 e. The summed E-state index contributed by atoms with van der Waals surface area (Å²) in [6.45, 7) is -0.419. The number of rotatable bonds is 13. The van der Waals surface area contributed by atoms with E-state index in [2.05, 4.69) is 39.9 Å². The van der Waals surface area contributed by atoms with Gasteiger partial charge in [-0.15, -0.1) is 0 Å². The number of carbonyl (C=O) groups is 1. The molecule has 2 N–H and O–H groups in total. The van der Waals surface area contributed by atoms with E-state index in [1.807, 2.05) is 0 Å². The third-order valence-corrected chi connectivity index (χ3v) is 6.72. The van der Waals surface area contributed by atoms with Crippen LogP contribution in [-0.4, -0.2) is 64.7 Å². The fraction of sp³-hybridized carbons (Fsp3) is 0.100. The summed E-state index contributed by atoms with van der Waals surface area (Å²) >= 11 is 0. The lowest BCUT2D eigenvalue weighted by molar-refractivity contribution is 0.135. The summed E-state index contributed by atoms with van der Waals surface area (Å²) in [6, 6.07) is 15.1. The maximum atomic E-state index is 13.3. The first-order valence-corrected chi connectivity index (χ1v) is 15.0. The van der Waals surface area contributed by atoms with Crippen molar-refractivity contribution in [1.29, 1.82) is 0 Å². The second kappa shape index (κ2) is 15.0. The summed E-state index contributed by atoms with van der Waals surface area (Å²) < 4.78 is 51.6. The SMILES string of the molecule is COc1ccccc1Oc1c(NS(=O)(=O)C=Cc2ccccn2)nc(-c2ccncc2)nc1OCCOC(=O)Nc1cnccn1. The second-order valence-electron chi connectivity index (χ2n) is 8.92. The first kappa shape index (κ1) is 31.3. The molecule has 0 aliphatic rings. The van der Waals surface area contributed by atoms with Crippen LogP contribution >= 0.6 is 0 Å². The van der Waals surface area contributed by atoms with Gasteiger partial charge in [0.1, 0.15) is 13.2 Å². The van der Waals surface area contributed by atoms with Crippen molar-refractivity contribution in [3.63, 3.8) is 0 Å². The molecule has 4 heterocycles. The van der Waals surface area contributed by atoms with E-state index in [1.165, 1.54) is 50.4 Å². The average molecular weight is 643 g/mol. The summed E-state index contributed by atoms with van der Waals surface area (Å²) in [6.07, 6.45) is 9.37. The van der Waals surface area contributed by atoms with Gasteiger partial charge in [0.2, 0.25) is 5.75 Å². The molecule has 15 nitrogen and oxygen atoms in total. The number of hydrogen-bond donors (Lipinski definition) is 2. The molecule has 1 amide bonds. The minimum absolute atomic E-state index is 0.0949. The predicted octanol–water partition coefficient (Wildman–Crippen LogP) is 4.56. The van der Waals surface area contributed by atoms with Crippen LogP contribution in [0.2, 0.25) is 0 Å². The molecule has 5 rings (SSSR count). The Hall–Kier alpha value is -6.16. The van der Waals surface area contributed by atoms with Crippen LogP contribution < -0.4 is 24.2 Å². The smallest absolute Gasteiger partial charge is 0.412 e. The van der Waals surface area contributed by atoms with Crippen LogP contribution in [-0.2, 0) is 14.8 Å². The Labute approximate surface area is 263 Å². The van der Waals surface area contributed by atoms with Crippen LogP contribution in [0.5, 0.6) is 23.1 Å². The Morgan fingerprint density at radius 1 is 0.870 bits per heavy atom. The zero-order chi connectivity index (χ0) is 32.2. The van der Waals surface area contributed by atoms with Crippen LogP contribution in [0, 0.1) is 0 Å². The third kappa shape index (κ3) is 8.70. The maximum Gasteiger partial charge on any atom is 0.412 e. The van der Waals surface area contributed by atoms with E-state index in [-0.39, 0.29) is 48.1 Å². The Morgan fingerprint density at radius 2 is 1.67 bits per heavy atom. The summed E-state index contributed by atoms with van der Waals surface area (Å²) in [4.78, 5) is 37.1. The van der Waals surface area contributed by atoms with Gasteiger partial charge in [-0.25, -0.2) is 23.2 Å². The molecular weight excluding hydrogens is 616 g/mol. The molecule has 4 aromatic heterocycles. The van der Waals surface area contributed by atoms with Crippen molar-refractivity contribution in [2.24, 2.45) is 0 Å². The van der Waals surface area contributed by atoms with Crippen LogP contribution in [0.25, 0.3) is 17.5 Å². The van der Waals surface area contributed by atoms with E-state index in [0.717, 1.165) is 5.41 Å². The molecule has 0 saturated carbocycles. The highest BCUT2D eigenvalue weighted by atomic mass is 32.2. The van der Waals surface area contributed by atoms with Gasteiger partial charge in [-0.05, 0) is 42.5 Å². The molecule has 0 aliphatic carbocycles. The van der Waals surface area contributed by atoms with Gasteiger partial charge in [0.25, 0.3) is 15.9 Å². The van der Waals surface area contributed by atoms with Crippen molar-refractivity contribution in [2.75, 3.05) is 30.4 Å². The number of para-hydroxylation sites is 2. The Bertz CT molecular complexity index is 1900. The number of amides is 1. The van der Waals surface area contributed by atoms with E-state index in [0.29, 0.717) is 17.0 Å². The van der Waals surface area contributed by atoms with E-state index in [1.54, 1.807) is 54.6 Å². The minimum atomic E-state index is -4.17. The van der Waals surface area contributed by atoms with Crippen molar-refractivity contribution < 1.29 is 32.2 Å². The monoisotopic (exact) mass is 642 g/mol. The largest absolute Gasteiger partial charge is 0.493 e. The number of nitrogens with one attached hydrogen (secondary N) is 2. The number of hydrogen-bond acceptors (Lipinski definition) is 13. The van der Waals surface area contributed by atoms with Gasteiger partial charge in [0.05, 0.1) is 24.4 Å². The molecule has 0 fully saturated rings. The molecule has 0 aliphatic heterocycles. The predicted molar refractivity (Wildman–Crippen MR) is 167 cm³/mol. The number of anilines is 2. The highest BCUT2D eigenvalue weighted by Crippen LogP contribution is 2.41. The molecule has 0 spiro atoms. The molecular formula is C30H26N8O7S. The van der Waals surface area contributed by atoms with Crippen LogP contribution in [0.4, 0.5) is 16.4 Å². The maximum absolute atomic E-state index is 13.3. The molecule has 0 radical (unpaired) electrons. The van der Waals surface area contributed by atoms with E-state index in [9.17, 15) is 13.2 Å². The van der Waals surface area contributed by atoms with Crippen LogP contribution in [0.15, 0.2) is 97.2 Å². The van der Waals surface area contributed by atoms with Crippen molar-refractivity contribution in [3.05, 3.63) is 103 Å². The highest BCUT2D eigenvalue weighted by molar-refractivity contribution is 7.95. The van der Waals surface area contributed by atoms with Crippen molar-refractivity contribution in [1.82, 2.24) is 29.9 Å². The molecule has 46 heavy (non-hydrogen) atoms. The average Bonchev–Trinajstić information content (AvgIpc) is 3.08. The van der Waals surface area contributed by atoms with Gasteiger partial charge in [0.15, 0.2) is 29.0 Å². The number of nitrogens with zero attached hydrogens (tertiary/aromatic N) is 6. The lowest BCUT2D eigenvalue weighted by Crippen LogP contribution is -2.19. The van der Waals surface area contributed by atoms with E-state index < -0.39 is 16.1 Å². The van der Waals surface area contributed by atoms with Gasteiger partial charge in [-0.2, -0.15) is 4.98 Å². The number of ether oxygens (including phenoxy) is 4. The number of methoxy groups -OCH3 is 1. The van der Waals surface area contributed by atoms with Gasteiger partial charge in [-0.3, -0.25) is 25.0 Å². The fourth-order valence-corrected chi connectivity index (χ4v) is 4.51. The number of benzene rings is 1. The lowest BCUT2D eigenvalue weighted by Gasteiger charge is -2.18. The number of sulfonamides is 1. The van der Waals surface area contributed by atoms with E-state index >= 15 is 0 Å². The van der Waals surface area contributed by atoms with Crippen LogP contribution in [0.1, 0.15) is 5.69 Å². The molecule has 0 unspecified atom stereocenters. The summed E-state index contributed by atoms with van der Waals surface area (Å²) in [5, 5.41) is 3.38. The fourth-order valence-electron chi connectivity index (χ4n) is 3.71.